The third-order valence-corrected chi connectivity index (χ3v) is 1.42. The second kappa shape index (κ2) is 4.62. The van der Waals surface area contributed by atoms with Gasteiger partial charge in [-0.3, -0.25) is 4.79 Å². The number of carbonyl (C=O) groups is 1. The number of hydrogen-bond donors (Lipinski definition) is 1. The van der Waals surface area contributed by atoms with Gasteiger partial charge in [0, 0.05) is 2.74 Å². The maximum Gasteiger partial charge on any atom is 0.322 e. The minimum atomic E-state index is -2.80. The average Bonchev–Trinajstić information content (AvgIpc) is 2.37. The van der Waals surface area contributed by atoms with Crippen molar-refractivity contribution in [1.29, 1.82) is 0 Å². The second-order valence-corrected chi connectivity index (χ2v) is 2.33. The Kier molecular flexibility index (Phi) is 1.69. The van der Waals surface area contributed by atoms with E-state index in [4.69, 9.17) is 6.94 Å². The Bertz CT molecular complexity index is 426. The lowest BCUT2D eigenvalue weighted by atomic mass is 10.1. The zero-order chi connectivity index (χ0) is 14.0. The first-order chi connectivity index (χ1) is 8.28. The van der Waals surface area contributed by atoms with Gasteiger partial charge in [0.1, 0.15) is 8.84 Å². The minimum Gasteiger partial charge on any atom is -0.468 e. The van der Waals surface area contributed by atoms with Crippen LogP contribution in [-0.4, -0.2) is 19.1 Å². The van der Waals surface area contributed by atoms with E-state index in [1.54, 1.807) is 18.2 Å². The van der Waals surface area contributed by atoms with Gasteiger partial charge in [-0.25, -0.2) is 0 Å². The van der Waals surface area contributed by atoms with Crippen LogP contribution in [0.4, 0.5) is 0 Å². The number of esters is 1. The van der Waals surface area contributed by atoms with Gasteiger partial charge in [0.25, 0.3) is 0 Å². The highest BCUT2D eigenvalue weighted by Crippen LogP contribution is 2.02. The van der Waals surface area contributed by atoms with E-state index in [0.717, 1.165) is 7.11 Å². The molecule has 13 heavy (non-hydrogen) atoms. The van der Waals surface area contributed by atoms with Gasteiger partial charge in [-0.2, -0.15) is 0 Å². The number of ether oxygens (including phenoxy) is 1. The van der Waals surface area contributed by atoms with Gasteiger partial charge in [0.05, 0.1) is 8.48 Å². The number of rotatable bonds is 4. The Balaban J connectivity index is 3.34. The van der Waals surface area contributed by atoms with E-state index < -0.39 is 18.4 Å². The molecule has 3 heteroatoms. The van der Waals surface area contributed by atoms with Crippen LogP contribution in [0.2, 0.25) is 2.82 Å². The smallest absolute Gasteiger partial charge is 0.322 e. The van der Waals surface area contributed by atoms with Crippen molar-refractivity contribution in [2.24, 2.45) is 5.72 Å². The molecule has 0 spiro atoms. The van der Waals surface area contributed by atoms with E-state index in [9.17, 15) is 4.79 Å². The van der Waals surface area contributed by atoms with Crippen LogP contribution in [0.5, 0.6) is 0 Å². The van der Waals surface area contributed by atoms with Gasteiger partial charge >= 0.3 is 5.97 Å². The molecule has 2 N–H and O–H groups in total. The molecule has 0 unspecified atom stereocenters. The summed E-state index contributed by atoms with van der Waals surface area (Å²) in [7, 11) is 0.982. The summed E-state index contributed by atoms with van der Waals surface area (Å²) in [5.74, 6) is -1.30. The third-order valence-electron chi connectivity index (χ3n) is 1.42. The van der Waals surface area contributed by atoms with Crippen molar-refractivity contribution in [3.8, 4) is 0 Å². The van der Waals surface area contributed by atoms with E-state index in [-0.39, 0.29) is 11.3 Å². The molecular weight excluding hydrogens is 166 g/mol. The molecule has 1 rings (SSSR count). The molecule has 0 radical (unpaired) electrons. The monoisotopic (exact) mass is 184 g/mol. The zero-order valence-corrected chi connectivity index (χ0v) is 7.15. The van der Waals surface area contributed by atoms with Crippen molar-refractivity contribution in [1.82, 2.24) is 0 Å². The molecule has 0 aromatic heterocycles. The number of benzene rings is 1. The molecule has 0 saturated carbocycles. The number of nitrogens with two attached hydrogens (primary N) is 1. The highest BCUT2D eigenvalue weighted by Gasteiger charge is 2.13. The van der Waals surface area contributed by atoms with Crippen LogP contribution in [0.15, 0.2) is 30.3 Å². The average molecular weight is 184 g/mol. The first kappa shape index (κ1) is 4.77. The third kappa shape index (κ3) is 2.87. The van der Waals surface area contributed by atoms with Gasteiger partial charge in [-0.1, -0.05) is 30.3 Å². The highest BCUT2D eigenvalue weighted by molar-refractivity contribution is 5.75. The molecule has 0 aliphatic carbocycles. The molecule has 0 bridgehead atoms. The molecule has 0 heterocycles. The van der Waals surface area contributed by atoms with E-state index in [2.05, 4.69) is 4.74 Å². The van der Waals surface area contributed by atoms with E-state index in [0.29, 0.717) is 0 Å². The largest absolute Gasteiger partial charge is 0.468 e. The minimum absolute atomic E-state index is 0.0231. The summed E-state index contributed by atoms with van der Waals surface area (Å²) in [5, 5.41) is 0. The lowest BCUT2D eigenvalue weighted by Crippen LogP contribution is -2.33. The molecule has 0 amide bonds. The fraction of sp³-hybridized carbons (Fsp3) is 0.300. The standard InChI is InChI=1S/C10H13NO2/c1-13-10(12)9(11)7-8-5-3-2-4-6-8/h2-6,9H,7,11H2,1H3/t9-/m0/s1/i7D2,9D/hD2. The van der Waals surface area contributed by atoms with Crippen molar-refractivity contribution >= 4 is 5.97 Å². The van der Waals surface area contributed by atoms with Gasteiger partial charge in [0.2, 0.25) is 0 Å². The normalized spacial score (nSPS) is 21.5. The molecular formula is C10H13NO2. The summed E-state index contributed by atoms with van der Waals surface area (Å²) in [6.45, 7) is 0. The summed E-state index contributed by atoms with van der Waals surface area (Å²) in [4.78, 5) is 11.6. The van der Waals surface area contributed by atoms with Crippen LogP contribution in [0.3, 0.4) is 0 Å². The Morgan fingerprint density at radius 3 is 3.00 bits per heavy atom. The van der Waals surface area contributed by atoms with Crippen molar-refractivity contribution in [3.05, 3.63) is 35.9 Å². The fourth-order valence-electron chi connectivity index (χ4n) is 0.806. The predicted molar refractivity (Wildman–Crippen MR) is 50.1 cm³/mol. The van der Waals surface area contributed by atoms with Gasteiger partial charge in [-0.15, -0.1) is 0 Å². The van der Waals surface area contributed by atoms with Crippen molar-refractivity contribution in [2.45, 2.75) is 12.4 Å². The SMILES string of the molecule is [2H]N([2H])[C@]([2H])(C(=O)OC)C([2H])([2H])c1ccccc1. The Morgan fingerprint density at radius 1 is 1.77 bits per heavy atom. The van der Waals surface area contributed by atoms with Crippen LogP contribution in [0.25, 0.3) is 0 Å². The predicted octanol–water partition coefficient (Wildman–Crippen LogP) is 0.729. The Labute approximate surface area is 84.6 Å². The van der Waals surface area contributed by atoms with E-state index in [1.165, 1.54) is 12.1 Å². The van der Waals surface area contributed by atoms with Crippen LogP contribution in [-0.2, 0) is 15.9 Å². The summed E-state index contributed by atoms with van der Waals surface area (Å²) in [6.07, 6.45) is -2.56. The maximum atomic E-state index is 11.6. The number of carbonyl (C=O) groups excluding carboxylic acids is 1. The molecule has 0 saturated heterocycles. The molecule has 1 aromatic rings. The topological polar surface area (TPSA) is 52.3 Å². The quantitative estimate of drug-likeness (QED) is 0.702. The maximum absolute atomic E-state index is 11.6. The molecule has 3 nitrogen and oxygen atoms in total. The number of hydrogen-bond acceptors (Lipinski definition) is 3. The van der Waals surface area contributed by atoms with Crippen molar-refractivity contribution in [2.75, 3.05) is 7.11 Å². The first-order valence-electron chi connectivity index (χ1n) is 6.10. The Hall–Kier alpha value is -1.35. The van der Waals surface area contributed by atoms with E-state index >= 15 is 0 Å². The second-order valence-electron chi connectivity index (χ2n) is 2.33. The van der Waals surface area contributed by atoms with Gasteiger partial charge < -0.3 is 10.5 Å². The first-order valence-corrected chi connectivity index (χ1v) is 3.70. The van der Waals surface area contributed by atoms with Crippen LogP contribution >= 0.6 is 0 Å². The summed E-state index contributed by atoms with van der Waals surface area (Å²) < 4.78 is 42.2. The molecule has 0 aliphatic heterocycles. The summed E-state index contributed by atoms with van der Waals surface area (Å²) in [5.41, 5.74) is -0.263. The fourth-order valence-corrected chi connectivity index (χ4v) is 0.806. The van der Waals surface area contributed by atoms with E-state index in [1.807, 2.05) is 0 Å². The number of methoxy groups -OCH3 is 1. The summed E-state index contributed by atoms with van der Waals surface area (Å²) in [6, 6.07) is 4.71. The van der Waals surface area contributed by atoms with Gasteiger partial charge in [-0.05, 0) is 11.9 Å². The zero-order valence-electron chi connectivity index (χ0n) is 12.2. The lowest BCUT2D eigenvalue weighted by Gasteiger charge is -2.08. The van der Waals surface area contributed by atoms with Crippen LogP contribution in [0, 0.1) is 0 Å². The molecule has 1 atom stereocenters. The van der Waals surface area contributed by atoms with Crippen molar-refractivity contribution in [3.63, 3.8) is 0 Å². The molecule has 0 aliphatic rings. The summed E-state index contributed by atoms with van der Waals surface area (Å²) >= 11 is 0. The molecule has 0 fully saturated rings. The highest BCUT2D eigenvalue weighted by atomic mass is 16.5. The Morgan fingerprint density at radius 2 is 2.46 bits per heavy atom. The van der Waals surface area contributed by atoms with Crippen molar-refractivity contribution < 1.29 is 16.5 Å². The van der Waals surface area contributed by atoms with Crippen LogP contribution in [0.1, 0.15) is 9.68 Å². The molecule has 1 aromatic carbocycles. The lowest BCUT2D eigenvalue weighted by molar-refractivity contribution is -0.142. The van der Waals surface area contributed by atoms with Crippen LogP contribution < -0.4 is 5.72 Å². The molecule has 70 valence electrons. The van der Waals surface area contributed by atoms with Gasteiger partial charge in [0.15, 0.2) is 0 Å².